The summed E-state index contributed by atoms with van der Waals surface area (Å²) in [5.74, 6) is -5.03. The molecular weight excluding hydrogens is 244 g/mol. The van der Waals surface area contributed by atoms with E-state index in [2.05, 4.69) is 0 Å². The molecule has 1 heterocycles. The van der Waals surface area contributed by atoms with Gasteiger partial charge in [-0.3, -0.25) is 4.79 Å². The number of carboxylic acids is 1. The Balaban J connectivity index is 2.06. The van der Waals surface area contributed by atoms with Crippen molar-refractivity contribution in [2.75, 3.05) is 6.54 Å². The van der Waals surface area contributed by atoms with Gasteiger partial charge in [-0.25, -0.2) is 13.6 Å². The van der Waals surface area contributed by atoms with Crippen molar-refractivity contribution in [3.8, 4) is 0 Å². The minimum absolute atomic E-state index is 0.124. The van der Waals surface area contributed by atoms with Gasteiger partial charge in [-0.15, -0.1) is 0 Å². The lowest BCUT2D eigenvalue weighted by Crippen LogP contribution is -2.56. The zero-order valence-corrected chi connectivity index (χ0v) is 10.2. The molecule has 2 rings (SSSR count). The summed E-state index contributed by atoms with van der Waals surface area (Å²) in [4.78, 5) is 24.5. The van der Waals surface area contributed by atoms with Crippen molar-refractivity contribution in [1.29, 1.82) is 0 Å². The largest absolute Gasteiger partial charge is 0.480 e. The summed E-state index contributed by atoms with van der Waals surface area (Å²) in [5.41, 5.74) is 0. The number of aliphatic carboxylic acids is 1. The SMILES string of the molecule is CC1CCCN(C(=O)C2CC(F)(F)C2)C1C(=O)O. The Kier molecular flexibility index (Phi) is 3.29. The van der Waals surface area contributed by atoms with Crippen LogP contribution in [0.1, 0.15) is 32.6 Å². The van der Waals surface area contributed by atoms with Crippen LogP contribution < -0.4 is 0 Å². The van der Waals surface area contributed by atoms with Gasteiger partial charge in [0.05, 0.1) is 0 Å². The van der Waals surface area contributed by atoms with Crippen LogP contribution in [0.3, 0.4) is 0 Å². The smallest absolute Gasteiger partial charge is 0.326 e. The first kappa shape index (κ1) is 13.2. The normalized spacial score (nSPS) is 31.8. The van der Waals surface area contributed by atoms with Crippen LogP contribution in [0, 0.1) is 11.8 Å². The van der Waals surface area contributed by atoms with E-state index >= 15 is 0 Å². The van der Waals surface area contributed by atoms with Crippen molar-refractivity contribution < 1.29 is 23.5 Å². The van der Waals surface area contributed by atoms with Crippen LogP contribution in [0.5, 0.6) is 0 Å². The third-order valence-corrected chi connectivity index (χ3v) is 3.91. The molecule has 2 unspecified atom stereocenters. The van der Waals surface area contributed by atoms with Crippen molar-refractivity contribution in [1.82, 2.24) is 4.90 Å². The topological polar surface area (TPSA) is 57.6 Å². The van der Waals surface area contributed by atoms with Crippen LogP contribution in [-0.4, -0.2) is 40.4 Å². The van der Waals surface area contributed by atoms with Crippen LogP contribution >= 0.6 is 0 Å². The minimum atomic E-state index is -2.75. The predicted molar refractivity (Wildman–Crippen MR) is 59.2 cm³/mol. The fourth-order valence-electron chi connectivity index (χ4n) is 2.88. The third kappa shape index (κ3) is 2.33. The molecule has 6 heteroatoms. The summed E-state index contributed by atoms with van der Waals surface area (Å²) in [5, 5.41) is 9.16. The zero-order chi connectivity index (χ0) is 13.5. The van der Waals surface area contributed by atoms with E-state index in [9.17, 15) is 18.4 Å². The molecule has 1 aliphatic heterocycles. The lowest BCUT2D eigenvalue weighted by Gasteiger charge is -2.42. The Morgan fingerprint density at radius 1 is 1.33 bits per heavy atom. The molecule has 0 aromatic carbocycles. The molecule has 0 spiro atoms. The highest BCUT2D eigenvalue weighted by Crippen LogP contribution is 2.44. The van der Waals surface area contributed by atoms with E-state index < -0.39 is 42.6 Å². The van der Waals surface area contributed by atoms with Crippen molar-refractivity contribution in [2.24, 2.45) is 11.8 Å². The molecule has 4 nitrogen and oxygen atoms in total. The molecule has 18 heavy (non-hydrogen) atoms. The number of amides is 1. The third-order valence-electron chi connectivity index (χ3n) is 3.91. The molecule has 1 amide bonds. The van der Waals surface area contributed by atoms with Gasteiger partial charge in [-0.2, -0.15) is 0 Å². The molecule has 1 saturated carbocycles. The van der Waals surface area contributed by atoms with Gasteiger partial charge < -0.3 is 10.0 Å². The Bertz CT molecular complexity index is 364. The lowest BCUT2D eigenvalue weighted by molar-refractivity contribution is -0.169. The Morgan fingerprint density at radius 2 is 1.94 bits per heavy atom. The first-order chi connectivity index (χ1) is 8.32. The quantitative estimate of drug-likeness (QED) is 0.823. The van der Waals surface area contributed by atoms with E-state index in [1.807, 2.05) is 0 Å². The Labute approximate surface area is 104 Å². The molecule has 2 aliphatic rings. The molecule has 1 aliphatic carbocycles. The molecule has 1 N–H and O–H groups in total. The number of hydrogen-bond acceptors (Lipinski definition) is 2. The van der Waals surface area contributed by atoms with Gasteiger partial charge in [0.1, 0.15) is 6.04 Å². The standard InChI is InChI=1S/C12H17F2NO3/c1-7-3-2-4-15(9(7)11(17)18)10(16)8-5-12(13,14)6-8/h7-9H,2-6H2,1H3,(H,17,18). The van der Waals surface area contributed by atoms with E-state index in [1.165, 1.54) is 4.90 Å². The average Bonchev–Trinajstić information content (AvgIpc) is 2.23. The fourth-order valence-corrected chi connectivity index (χ4v) is 2.88. The number of piperidine rings is 1. The highest BCUT2D eigenvalue weighted by molar-refractivity contribution is 5.86. The summed E-state index contributed by atoms with van der Waals surface area (Å²) in [7, 11) is 0. The van der Waals surface area contributed by atoms with Gasteiger partial charge in [0.15, 0.2) is 0 Å². The van der Waals surface area contributed by atoms with Gasteiger partial charge in [-0.1, -0.05) is 6.92 Å². The molecule has 0 radical (unpaired) electrons. The Hall–Kier alpha value is -1.20. The number of alkyl halides is 2. The Morgan fingerprint density at radius 3 is 2.44 bits per heavy atom. The number of carboxylic acid groups (broad SMARTS) is 1. The van der Waals surface area contributed by atoms with Crippen molar-refractivity contribution in [3.63, 3.8) is 0 Å². The number of nitrogens with zero attached hydrogens (tertiary/aromatic N) is 1. The maximum absolute atomic E-state index is 12.8. The van der Waals surface area contributed by atoms with Crippen LogP contribution in [0.15, 0.2) is 0 Å². The van der Waals surface area contributed by atoms with Gasteiger partial charge in [0, 0.05) is 25.3 Å². The summed E-state index contributed by atoms with van der Waals surface area (Å²) in [6.07, 6.45) is 0.605. The number of hydrogen-bond donors (Lipinski definition) is 1. The number of carbonyl (C=O) groups excluding carboxylic acids is 1. The monoisotopic (exact) mass is 261 g/mol. The molecule has 0 bridgehead atoms. The van der Waals surface area contributed by atoms with Crippen LogP contribution in [0.25, 0.3) is 0 Å². The van der Waals surface area contributed by atoms with Gasteiger partial charge in [0.25, 0.3) is 0 Å². The highest BCUT2D eigenvalue weighted by atomic mass is 19.3. The number of carbonyl (C=O) groups is 2. The van der Waals surface area contributed by atoms with E-state index in [1.54, 1.807) is 6.92 Å². The maximum atomic E-state index is 12.8. The number of rotatable bonds is 2. The summed E-state index contributed by atoms with van der Waals surface area (Å²) >= 11 is 0. The fraction of sp³-hybridized carbons (Fsp3) is 0.833. The zero-order valence-electron chi connectivity index (χ0n) is 10.2. The lowest BCUT2D eigenvalue weighted by atomic mass is 9.79. The van der Waals surface area contributed by atoms with Gasteiger partial charge in [-0.05, 0) is 18.8 Å². The minimum Gasteiger partial charge on any atom is -0.480 e. The van der Waals surface area contributed by atoms with E-state index in [0.29, 0.717) is 6.54 Å². The first-order valence-corrected chi connectivity index (χ1v) is 6.23. The average molecular weight is 261 g/mol. The molecule has 102 valence electrons. The second kappa shape index (κ2) is 4.48. The molecule has 2 fully saturated rings. The predicted octanol–water partition coefficient (Wildman–Crippen LogP) is 1.74. The first-order valence-electron chi connectivity index (χ1n) is 6.23. The molecule has 0 aromatic rings. The summed E-state index contributed by atoms with van der Waals surface area (Å²) in [6.45, 7) is 2.15. The van der Waals surface area contributed by atoms with Gasteiger partial charge >= 0.3 is 5.97 Å². The molecular formula is C12H17F2NO3. The van der Waals surface area contributed by atoms with E-state index in [-0.39, 0.29) is 5.92 Å². The van der Waals surface area contributed by atoms with Crippen molar-refractivity contribution in [2.45, 2.75) is 44.6 Å². The van der Waals surface area contributed by atoms with Crippen LogP contribution in [0.2, 0.25) is 0 Å². The summed E-state index contributed by atoms with van der Waals surface area (Å²) < 4.78 is 25.5. The number of halogens is 2. The highest BCUT2D eigenvalue weighted by Gasteiger charge is 2.51. The van der Waals surface area contributed by atoms with Crippen molar-refractivity contribution >= 4 is 11.9 Å². The van der Waals surface area contributed by atoms with E-state index in [4.69, 9.17) is 5.11 Å². The van der Waals surface area contributed by atoms with Gasteiger partial charge in [0.2, 0.25) is 11.8 Å². The number of likely N-dealkylation sites (tertiary alicyclic amines) is 1. The van der Waals surface area contributed by atoms with Crippen LogP contribution in [-0.2, 0) is 9.59 Å². The van der Waals surface area contributed by atoms with Crippen molar-refractivity contribution in [3.05, 3.63) is 0 Å². The van der Waals surface area contributed by atoms with E-state index in [0.717, 1.165) is 12.8 Å². The molecule has 2 atom stereocenters. The second-order valence-electron chi connectivity index (χ2n) is 5.40. The molecule has 0 aromatic heterocycles. The second-order valence-corrected chi connectivity index (χ2v) is 5.40. The molecule has 1 saturated heterocycles. The summed E-state index contributed by atoms with van der Waals surface area (Å²) in [6, 6.07) is -0.861. The maximum Gasteiger partial charge on any atom is 0.326 e. The van der Waals surface area contributed by atoms with Crippen LogP contribution in [0.4, 0.5) is 8.78 Å².